The minimum Gasteiger partial charge on any atom is -0.356 e. The first kappa shape index (κ1) is 22.0. The Hall–Kier alpha value is -1.02. The van der Waals surface area contributed by atoms with Crippen molar-refractivity contribution in [2.24, 2.45) is 4.99 Å². The quantitative estimate of drug-likeness (QED) is 0.338. The van der Waals surface area contributed by atoms with Crippen molar-refractivity contribution < 1.29 is 4.79 Å². The summed E-state index contributed by atoms with van der Waals surface area (Å²) in [6.07, 6.45) is 1.31. The van der Waals surface area contributed by atoms with Gasteiger partial charge in [0.05, 0.1) is 0 Å². The second-order valence-corrected chi connectivity index (χ2v) is 5.71. The molecule has 0 saturated heterocycles. The summed E-state index contributed by atoms with van der Waals surface area (Å²) in [5, 5.41) is 9.95. The lowest BCUT2D eigenvalue weighted by molar-refractivity contribution is -0.121. The second-order valence-electron chi connectivity index (χ2n) is 5.27. The van der Waals surface area contributed by atoms with Crippen LogP contribution in [0, 0.1) is 0 Å². The summed E-state index contributed by atoms with van der Waals surface area (Å²) in [5.74, 6) is 0.741. The number of carbonyl (C=O) groups is 1. The molecule has 0 atom stereocenters. The zero-order valence-electron chi connectivity index (χ0n) is 13.9. The zero-order valence-corrected chi connectivity index (χ0v) is 16.9. The lowest BCUT2D eigenvalue weighted by Gasteiger charge is -2.12. The van der Waals surface area contributed by atoms with Gasteiger partial charge in [-0.2, -0.15) is 0 Å². The molecule has 23 heavy (non-hydrogen) atoms. The van der Waals surface area contributed by atoms with Crippen LogP contribution in [0.15, 0.2) is 29.3 Å². The number of aliphatic imine (C=N–C) groups is 1. The fourth-order valence-electron chi connectivity index (χ4n) is 1.89. The van der Waals surface area contributed by atoms with Crippen molar-refractivity contribution in [1.82, 2.24) is 16.0 Å². The molecule has 130 valence electrons. The molecule has 0 fully saturated rings. The Labute approximate surface area is 160 Å². The fraction of sp³-hybridized carbons (Fsp3) is 0.500. The molecule has 5 nitrogen and oxygen atoms in total. The molecule has 0 saturated carbocycles. The summed E-state index contributed by atoms with van der Waals surface area (Å²) in [5.41, 5.74) is 1.21. The molecule has 0 radical (unpaired) electrons. The molecular formula is C16H26ClIN4O. The standard InChI is InChI=1S/C16H25ClN4O.HI/c1-12(2)21-15(22)9-11-20-16(18-3)19-10-8-13-4-6-14(17)7-5-13;/h4-7,12H,8-11H2,1-3H3,(H,21,22)(H2,18,19,20);1H. The van der Waals surface area contributed by atoms with Gasteiger partial charge in [0, 0.05) is 37.6 Å². The van der Waals surface area contributed by atoms with Crippen LogP contribution in [0.4, 0.5) is 0 Å². The monoisotopic (exact) mass is 452 g/mol. The van der Waals surface area contributed by atoms with Crippen molar-refractivity contribution in [3.8, 4) is 0 Å². The van der Waals surface area contributed by atoms with Crippen molar-refractivity contribution in [3.05, 3.63) is 34.9 Å². The first-order valence-electron chi connectivity index (χ1n) is 7.49. The Balaban J connectivity index is 0.00000484. The molecule has 0 aliphatic heterocycles. The van der Waals surface area contributed by atoms with Crippen LogP contribution in [0.5, 0.6) is 0 Å². The minimum absolute atomic E-state index is 0. The molecule has 7 heteroatoms. The summed E-state index contributed by atoms with van der Waals surface area (Å²) in [4.78, 5) is 15.7. The van der Waals surface area contributed by atoms with Crippen molar-refractivity contribution in [1.29, 1.82) is 0 Å². The van der Waals surface area contributed by atoms with E-state index in [1.54, 1.807) is 7.05 Å². The fourth-order valence-corrected chi connectivity index (χ4v) is 2.01. The molecule has 1 aromatic carbocycles. The highest BCUT2D eigenvalue weighted by molar-refractivity contribution is 14.0. The molecule has 0 heterocycles. The third-order valence-corrected chi connectivity index (χ3v) is 3.19. The van der Waals surface area contributed by atoms with Crippen molar-refractivity contribution in [2.75, 3.05) is 20.1 Å². The smallest absolute Gasteiger partial charge is 0.221 e. The van der Waals surface area contributed by atoms with Crippen LogP contribution >= 0.6 is 35.6 Å². The maximum atomic E-state index is 11.5. The van der Waals surface area contributed by atoms with Gasteiger partial charge in [0.2, 0.25) is 5.91 Å². The maximum Gasteiger partial charge on any atom is 0.221 e. The van der Waals surface area contributed by atoms with Crippen LogP contribution in [-0.4, -0.2) is 38.0 Å². The Morgan fingerprint density at radius 1 is 1.17 bits per heavy atom. The van der Waals surface area contributed by atoms with Crippen LogP contribution in [0.3, 0.4) is 0 Å². The van der Waals surface area contributed by atoms with E-state index in [1.807, 2.05) is 38.1 Å². The van der Waals surface area contributed by atoms with Crippen LogP contribution < -0.4 is 16.0 Å². The van der Waals surface area contributed by atoms with Gasteiger partial charge in [0.25, 0.3) is 0 Å². The van der Waals surface area contributed by atoms with Crippen molar-refractivity contribution in [3.63, 3.8) is 0 Å². The number of halogens is 2. The van der Waals surface area contributed by atoms with Gasteiger partial charge >= 0.3 is 0 Å². The molecule has 0 aliphatic carbocycles. The lowest BCUT2D eigenvalue weighted by Crippen LogP contribution is -2.40. The van der Waals surface area contributed by atoms with E-state index in [1.165, 1.54) is 5.56 Å². The maximum absolute atomic E-state index is 11.5. The van der Waals surface area contributed by atoms with E-state index >= 15 is 0 Å². The average molecular weight is 453 g/mol. The Bertz CT molecular complexity index is 491. The van der Waals surface area contributed by atoms with E-state index in [2.05, 4.69) is 20.9 Å². The summed E-state index contributed by atoms with van der Waals surface area (Å²) in [6, 6.07) is 7.96. The number of rotatable bonds is 7. The molecule has 3 N–H and O–H groups in total. The highest BCUT2D eigenvalue weighted by Crippen LogP contribution is 2.09. The van der Waals surface area contributed by atoms with E-state index in [0.29, 0.717) is 18.9 Å². The number of hydrogen-bond acceptors (Lipinski definition) is 2. The summed E-state index contributed by atoms with van der Waals surface area (Å²) < 4.78 is 0. The Morgan fingerprint density at radius 2 is 1.78 bits per heavy atom. The molecule has 1 amide bonds. The van der Waals surface area contributed by atoms with Crippen molar-refractivity contribution in [2.45, 2.75) is 32.7 Å². The van der Waals surface area contributed by atoms with E-state index in [4.69, 9.17) is 11.6 Å². The lowest BCUT2D eigenvalue weighted by atomic mass is 10.1. The number of nitrogens with zero attached hydrogens (tertiary/aromatic N) is 1. The third-order valence-electron chi connectivity index (χ3n) is 2.94. The van der Waals surface area contributed by atoms with Gasteiger partial charge in [0.15, 0.2) is 5.96 Å². The number of carbonyl (C=O) groups excluding carboxylic acids is 1. The normalized spacial score (nSPS) is 10.9. The molecule has 1 rings (SSSR count). The number of amides is 1. The van der Waals surface area contributed by atoms with Gasteiger partial charge in [-0.05, 0) is 38.0 Å². The van der Waals surface area contributed by atoms with Crippen LogP contribution in [0.1, 0.15) is 25.8 Å². The van der Waals surface area contributed by atoms with Gasteiger partial charge in [-0.3, -0.25) is 9.79 Å². The number of benzene rings is 1. The molecule has 0 aromatic heterocycles. The van der Waals surface area contributed by atoms with Gasteiger partial charge in [-0.1, -0.05) is 23.7 Å². The molecule has 1 aromatic rings. The second kappa shape index (κ2) is 12.4. The van der Waals surface area contributed by atoms with E-state index in [9.17, 15) is 4.79 Å². The van der Waals surface area contributed by atoms with E-state index < -0.39 is 0 Å². The van der Waals surface area contributed by atoms with Crippen LogP contribution in [0.25, 0.3) is 0 Å². The number of hydrogen-bond donors (Lipinski definition) is 3. The highest BCUT2D eigenvalue weighted by atomic mass is 127. The van der Waals surface area contributed by atoms with Crippen molar-refractivity contribution >= 4 is 47.4 Å². The topological polar surface area (TPSA) is 65.5 Å². The van der Waals surface area contributed by atoms with Crippen LogP contribution in [0.2, 0.25) is 5.02 Å². The van der Waals surface area contributed by atoms with E-state index in [-0.39, 0.29) is 35.9 Å². The average Bonchev–Trinajstić information content (AvgIpc) is 2.47. The van der Waals surface area contributed by atoms with Gasteiger partial charge in [-0.25, -0.2) is 0 Å². The Kier molecular flexibility index (Phi) is 11.9. The number of nitrogens with one attached hydrogen (secondary N) is 3. The highest BCUT2D eigenvalue weighted by Gasteiger charge is 2.03. The zero-order chi connectivity index (χ0) is 16.4. The summed E-state index contributed by atoms with van der Waals surface area (Å²) in [7, 11) is 1.71. The largest absolute Gasteiger partial charge is 0.356 e. The van der Waals surface area contributed by atoms with Gasteiger partial charge < -0.3 is 16.0 Å². The molecule has 0 spiro atoms. The number of guanidine groups is 1. The minimum atomic E-state index is 0. The molecule has 0 unspecified atom stereocenters. The first-order valence-corrected chi connectivity index (χ1v) is 7.87. The molecule has 0 bridgehead atoms. The summed E-state index contributed by atoms with van der Waals surface area (Å²) in [6.45, 7) is 5.21. The first-order chi connectivity index (χ1) is 10.5. The van der Waals surface area contributed by atoms with Crippen LogP contribution in [-0.2, 0) is 11.2 Å². The Morgan fingerprint density at radius 3 is 2.35 bits per heavy atom. The SMILES string of the molecule is CN=C(NCCC(=O)NC(C)C)NCCc1ccc(Cl)cc1.I. The predicted molar refractivity (Wildman–Crippen MR) is 108 cm³/mol. The molecule has 0 aliphatic rings. The van der Waals surface area contributed by atoms with Gasteiger partial charge in [0.1, 0.15) is 0 Å². The van der Waals surface area contributed by atoms with E-state index in [0.717, 1.165) is 18.0 Å². The summed E-state index contributed by atoms with van der Waals surface area (Å²) >= 11 is 5.86. The molecular weight excluding hydrogens is 427 g/mol. The predicted octanol–water partition coefficient (Wildman–Crippen LogP) is 2.58. The third kappa shape index (κ3) is 10.4. The van der Waals surface area contributed by atoms with Gasteiger partial charge in [-0.15, -0.1) is 24.0 Å².